The topological polar surface area (TPSA) is 129 Å². The summed E-state index contributed by atoms with van der Waals surface area (Å²) in [6.45, 7) is 5.49. The van der Waals surface area contributed by atoms with Crippen molar-refractivity contribution in [3.05, 3.63) is 12.2 Å². The lowest BCUT2D eigenvalue weighted by Gasteiger charge is -2.28. The van der Waals surface area contributed by atoms with Crippen LogP contribution in [-0.4, -0.2) is 39.9 Å². The molecule has 0 aromatic carbocycles. The number of rotatable bonds is 6. The minimum Gasteiger partial charge on any atom is -0.481 e. The van der Waals surface area contributed by atoms with Crippen molar-refractivity contribution in [2.24, 2.45) is 5.92 Å². The average Bonchev–Trinajstić information content (AvgIpc) is 2.09. The number of carbonyl (C=O) groups is 2. The number of hydrogen-bond acceptors (Lipinski definition) is 4. The van der Waals surface area contributed by atoms with Crippen molar-refractivity contribution in [2.45, 2.75) is 25.0 Å². The first-order valence-electron chi connectivity index (χ1n) is 4.52. The summed E-state index contributed by atoms with van der Waals surface area (Å²) in [6, 6.07) is 0. The molecule has 8 heteroatoms. The zero-order chi connectivity index (χ0) is 14.0. The molecule has 98 valence electrons. The smallest absolute Gasteiger partial charge is 0.328 e. The fraction of sp³-hybridized carbons (Fsp3) is 0.556. The molecule has 0 rings (SSSR count). The Morgan fingerprint density at radius 2 is 1.76 bits per heavy atom. The summed E-state index contributed by atoms with van der Waals surface area (Å²) < 4.78 is 28.3. The highest BCUT2D eigenvalue weighted by Crippen LogP contribution is 2.31. The Balaban J connectivity index is 5.81. The van der Waals surface area contributed by atoms with Gasteiger partial charge in [-0.15, -0.1) is 6.58 Å². The summed E-state index contributed by atoms with van der Waals surface area (Å²) in [5.41, 5.74) is 0.300. The summed E-state index contributed by atoms with van der Waals surface area (Å²) in [6.07, 6.45) is -0.363. The Labute approximate surface area is 98.5 Å². The first kappa shape index (κ1) is 15.6. The highest BCUT2D eigenvalue weighted by Gasteiger charge is 2.55. The molecule has 0 aliphatic heterocycles. The van der Waals surface area contributed by atoms with Crippen molar-refractivity contribution in [3.8, 4) is 0 Å². The van der Waals surface area contributed by atoms with Gasteiger partial charge in [-0.05, 0) is 20.3 Å². The molecular weight excluding hydrogens is 252 g/mol. The van der Waals surface area contributed by atoms with Gasteiger partial charge in [-0.3, -0.25) is 14.1 Å². The third kappa shape index (κ3) is 3.04. The molecule has 0 aliphatic rings. The average molecular weight is 266 g/mol. The molecule has 0 bridgehead atoms. The summed E-state index contributed by atoms with van der Waals surface area (Å²) in [4.78, 5) is 21.9. The van der Waals surface area contributed by atoms with Crippen LogP contribution in [0.2, 0.25) is 0 Å². The molecule has 3 N–H and O–H groups in total. The molecule has 7 nitrogen and oxygen atoms in total. The lowest BCUT2D eigenvalue weighted by molar-refractivity contribution is -0.151. The van der Waals surface area contributed by atoms with Crippen molar-refractivity contribution in [1.82, 2.24) is 0 Å². The Kier molecular flexibility index (Phi) is 4.44. The second-order valence-electron chi connectivity index (χ2n) is 3.94. The Morgan fingerprint density at radius 3 is 1.94 bits per heavy atom. The summed E-state index contributed by atoms with van der Waals surface area (Å²) >= 11 is 0. The summed E-state index contributed by atoms with van der Waals surface area (Å²) in [5, 5.41) is 17.8. The maximum Gasteiger partial charge on any atom is 0.328 e. The van der Waals surface area contributed by atoms with Crippen LogP contribution in [0.25, 0.3) is 0 Å². The molecule has 0 amide bonds. The second-order valence-corrected chi connectivity index (χ2v) is 5.74. The summed E-state index contributed by atoms with van der Waals surface area (Å²) in [5.74, 6) is -5.36. The Hall–Kier alpha value is -1.41. The highest BCUT2D eigenvalue weighted by atomic mass is 32.2. The minimum atomic E-state index is -5.08. The van der Waals surface area contributed by atoms with Gasteiger partial charge in [0.2, 0.25) is 4.75 Å². The molecule has 0 fully saturated rings. The minimum absolute atomic E-state index is 0.300. The van der Waals surface area contributed by atoms with E-state index < -0.39 is 32.7 Å². The van der Waals surface area contributed by atoms with Gasteiger partial charge in [-0.2, -0.15) is 8.42 Å². The van der Waals surface area contributed by atoms with Crippen molar-refractivity contribution in [3.63, 3.8) is 0 Å². The monoisotopic (exact) mass is 266 g/mol. The highest BCUT2D eigenvalue weighted by molar-refractivity contribution is 7.88. The van der Waals surface area contributed by atoms with Gasteiger partial charge in [-0.25, -0.2) is 0 Å². The van der Waals surface area contributed by atoms with Crippen molar-refractivity contribution < 1.29 is 32.8 Å². The van der Waals surface area contributed by atoms with Gasteiger partial charge >= 0.3 is 11.9 Å². The number of hydrogen-bond donors (Lipinski definition) is 3. The van der Waals surface area contributed by atoms with Crippen LogP contribution in [-0.2, 0) is 19.7 Å². The molecular formula is C9H14O7S. The lowest BCUT2D eigenvalue weighted by atomic mass is 9.88. The van der Waals surface area contributed by atoms with Crippen LogP contribution in [0, 0.1) is 5.92 Å². The van der Waals surface area contributed by atoms with E-state index in [0.717, 1.165) is 0 Å². The third-order valence-corrected chi connectivity index (χ3v) is 4.01. The Bertz CT molecular complexity index is 450. The number of allylic oxidation sites excluding steroid dienone is 1. The van der Waals surface area contributed by atoms with Crippen LogP contribution in [0.1, 0.15) is 20.3 Å². The zero-order valence-corrected chi connectivity index (χ0v) is 10.2. The van der Waals surface area contributed by atoms with Gasteiger partial charge in [0.25, 0.3) is 10.1 Å². The van der Waals surface area contributed by atoms with Crippen molar-refractivity contribution in [1.29, 1.82) is 0 Å². The van der Waals surface area contributed by atoms with E-state index in [2.05, 4.69) is 6.58 Å². The standard InChI is InChI=1S/C9H14O7S/c1-5(2)4-6(7(10)11)9(3,8(12)13)17(14,15)16/h6H,1,4H2,2-3H3,(H,10,11)(H,12,13)(H,14,15,16). The van der Waals surface area contributed by atoms with Crippen LogP contribution in [0.3, 0.4) is 0 Å². The molecule has 0 aromatic heterocycles. The molecule has 2 unspecified atom stereocenters. The van der Waals surface area contributed by atoms with Gasteiger partial charge in [0.05, 0.1) is 5.92 Å². The largest absolute Gasteiger partial charge is 0.481 e. The maximum atomic E-state index is 11.1. The molecule has 0 saturated carbocycles. The number of carboxylic acid groups (broad SMARTS) is 2. The molecule has 0 saturated heterocycles. The molecule has 17 heavy (non-hydrogen) atoms. The van der Waals surface area contributed by atoms with Crippen LogP contribution < -0.4 is 0 Å². The quantitative estimate of drug-likeness (QED) is 0.468. The van der Waals surface area contributed by atoms with Gasteiger partial charge in [0.15, 0.2) is 0 Å². The maximum absolute atomic E-state index is 11.1. The summed E-state index contributed by atoms with van der Waals surface area (Å²) in [7, 11) is -5.08. The van der Waals surface area contributed by atoms with Crippen molar-refractivity contribution in [2.75, 3.05) is 0 Å². The fourth-order valence-electron chi connectivity index (χ4n) is 1.31. The predicted molar refractivity (Wildman–Crippen MR) is 58.1 cm³/mol. The zero-order valence-electron chi connectivity index (χ0n) is 9.37. The van der Waals surface area contributed by atoms with Crippen LogP contribution >= 0.6 is 0 Å². The number of carboxylic acids is 2. The second kappa shape index (κ2) is 4.84. The first-order chi connectivity index (χ1) is 7.44. The van der Waals surface area contributed by atoms with E-state index >= 15 is 0 Å². The van der Waals surface area contributed by atoms with E-state index in [1.54, 1.807) is 0 Å². The number of aliphatic carboxylic acids is 2. The molecule has 0 heterocycles. The SMILES string of the molecule is C=C(C)CC(C(=O)O)C(C)(C(=O)O)S(=O)(=O)O. The molecule has 0 spiro atoms. The molecule has 2 atom stereocenters. The van der Waals surface area contributed by atoms with E-state index in [1.807, 2.05) is 0 Å². The van der Waals surface area contributed by atoms with Gasteiger partial charge in [0.1, 0.15) is 0 Å². The van der Waals surface area contributed by atoms with E-state index in [4.69, 9.17) is 14.8 Å². The predicted octanol–water partition coefficient (Wildman–Crippen LogP) is 0.385. The molecule has 0 aliphatic carbocycles. The van der Waals surface area contributed by atoms with E-state index in [9.17, 15) is 18.0 Å². The lowest BCUT2D eigenvalue weighted by Crippen LogP contribution is -2.52. The molecule has 0 radical (unpaired) electrons. The molecule has 0 aromatic rings. The van der Waals surface area contributed by atoms with Gasteiger partial charge in [-0.1, -0.05) is 5.57 Å². The van der Waals surface area contributed by atoms with Crippen LogP contribution in [0.15, 0.2) is 12.2 Å². The van der Waals surface area contributed by atoms with Crippen LogP contribution in [0.5, 0.6) is 0 Å². The third-order valence-electron chi connectivity index (χ3n) is 2.48. The van der Waals surface area contributed by atoms with E-state index in [1.165, 1.54) is 6.92 Å². The fourth-order valence-corrected chi connectivity index (χ4v) is 2.07. The van der Waals surface area contributed by atoms with E-state index in [0.29, 0.717) is 12.5 Å². The van der Waals surface area contributed by atoms with E-state index in [-0.39, 0.29) is 6.42 Å². The Morgan fingerprint density at radius 1 is 1.35 bits per heavy atom. The van der Waals surface area contributed by atoms with Crippen molar-refractivity contribution >= 4 is 22.1 Å². The van der Waals surface area contributed by atoms with Gasteiger partial charge in [0, 0.05) is 0 Å². The first-order valence-corrected chi connectivity index (χ1v) is 5.96. The van der Waals surface area contributed by atoms with Gasteiger partial charge < -0.3 is 10.2 Å². The normalized spacial score (nSPS) is 16.9. The van der Waals surface area contributed by atoms with Crippen LogP contribution in [0.4, 0.5) is 0 Å².